The molecule has 0 fully saturated rings. The smallest absolute Gasteiger partial charge is 0.384 e. The summed E-state index contributed by atoms with van der Waals surface area (Å²) < 4.78 is 36.8. The number of nitrogens with zero attached hydrogens (tertiary/aromatic N) is 1. The number of benzene rings is 3. The van der Waals surface area contributed by atoms with E-state index in [1.54, 1.807) is 24.3 Å². The molecule has 0 aliphatic carbocycles. The van der Waals surface area contributed by atoms with Crippen LogP contribution in [0.15, 0.2) is 103 Å². The first-order valence-electron chi connectivity index (χ1n) is 12.0. The summed E-state index contributed by atoms with van der Waals surface area (Å²) in [7, 11) is 0. The molecule has 0 aliphatic rings. The molecule has 3 aromatic rings. The molecule has 2 N–H and O–H groups in total. The zero-order valence-corrected chi connectivity index (χ0v) is 21.8. The van der Waals surface area contributed by atoms with Crippen molar-refractivity contribution in [2.24, 2.45) is 0 Å². The van der Waals surface area contributed by atoms with Gasteiger partial charge in [0.2, 0.25) is 0 Å². The molecule has 0 aliphatic heterocycles. The number of aryl methyl sites for hydroxylation is 1. The Morgan fingerprint density at radius 3 is 2.21 bits per heavy atom. The first-order chi connectivity index (χ1) is 18.0. The number of alkyl halides is 3. The van der Waals surface area contributed by atoms with E-state index < -0.39 is 17.9 Å². The highest BCUT2D eigenvalue weighted by molar-refractivity contribution is 5.53. The van der Waals surface area contributed by atoms with Crippen molar-refractivity contribution in [3.63, 3.8) is 0 Å². The van der Waals surface area contributed by atoms with Crippen molar-refractivity contribution in [1.29, 1.82) is 5.26 Å². The molecule has 7 heteroatoms. The van der Waals surface area contributed by atoms with Crippen molar-refractivity contribution >= 4 is 12.0 Å². The third-order valence-electron chi connectivity index (χ3n) is 4.97. The lowest BCUT2D eigenvalue weighted by atomic mass is 10.0. The largest absolute Gasteiger partial charge is 0.415 e. The molecular formula is C31H33F3N2O2. The number of halogens is 3. The second-order valence-corrected chi connectivity index (χ2v) is 8.35. The Bertz CT molecular complexity index is 1230. The average Bonchev–Trinajstić information content (AvgIpc) is 2.89. The van der Waals surface area contributed by atoms with Gasteiger partial charge in [-0.05, 0) is 55.7 Å². The number of hydrogen-bond acceptors (Lipinski definition) is 4. The van der Waals surface area contributed by atoms with Gasteiger partial charge in [0.05, 0.1) is 17.2 Å². The number of rotatable bonds is 7. The van der Waals surface area contributed by atoms with E-state index in [2.05, 4.69) is 11.9 Å². The average molecular weight is 523 g/mol. The van der Waals surface area contributed by atoms with Crippen molar-refractivity contribution < 1.29 is 23.1 Å². The summed E-state index contributed by atoms with van der Waals surface area (Å²) in [6, 6.07) is 26.1. The molecule has 3 rings (SSSR count). The van der Waals surface area contributed by atoms with Gasteiger partial charge in [0, 0.05) is 17.8 Å². The Labute approximate surface area is 222 Å². The fourth-order valence-corrected chi connectivity index (χ4v) is 3.06. The van der Waals surface area contributed by atoms with Gasteiger partial charge >= 0.3 is 6.18 Å². The van der Waals surface area contributed by atoms with Crippen LogP contribution in [-0.2, 0) is 4.79 Å². The number of aliphatic hydroxyl groups excluding tert-OH is 1. The van der Waals surface area contributed by atoms with E-state index in [4.69, 9.17) is 5.26 Å². The number of carbonyl (C=O) groups is 1. The lowest BCUT2D eigenvalue weighted by molar-refractivity contribution is -0.107. The van der Waals surface area contributed by atoms with Crippen molar-refractivity contribution in [3.8, 4) is 6.07 Å². The second-order valence-electron chi connectivity index (χ2n) is 8.35. The van der Waals surface area contributed by atoms with E-state index in [1.165, 1.54) is 12.5 Å². The minimum Gasteiger partial charge on any atom is -0.384 e. The molecule has 38 heavy (non-hydrogen) atoms. The summed E-state index contributed by atoms with van der Waals surface area (Å²) in [4.78, 5) is 9.40. The number of aldehydes is 1. The summed E-state index contributed by atoms with van der Waals surface area (Å²) in [5.41, 5.74) is 3.41. The Morgan fingerprint density at radius 2 is 1.68 bits per heavy atom. The van der Waals surface area contributed by atoms with Crippen LogP contribution in [0.25, 0.3) is 0 Å². The molecule has 3 aromatic carbocycles. The standard InChI is InChI=1S/C14H14O.C13H11F3N2.C4H8O/c1-11-6-5-9-13(10-11)14(15)12-7-3-2-4-8-12;1-9(13(14,15)16)6-10(2)18-12-5-3-4-11(7-12)8-17;1-2-3-4-5/h2-10,14-15H,1H3;3-7,18H,1H2,2H3;4H,2-3H2,1H3/b;10-6-;. The van der Waals surface area contributed by atoms with Crippen LogP contribution in [0.2, 0.25) is 0 Å². The van der Waals surface area contributed by atoms with Gasteiger partial charge in [-0.15, -0.1) is 0 Å². The van der Waals surface area contributed by atoms with E-state index in [0.29, 0.717) is 23.4 Å². The van der Waals surface area contributed by atoms with Gasteiger partial charge in [-0.25, -0.2) is 0 Å². The predicted molar refractivity (Wildman–Crippen MR) is 146 cm³/mol. The minimum atomic E-state index is -4.43. The van der Waals surface area contributed by atoms with Crippen molar-refractivity contribution in [2.45, 2.75) is 45.9 Å². The maximum absolute atomic E-state index is 12.3. The molecule has 1 atom stereocenters. The fourth-order valence-electron chi connectivity index (χ4n) is 3.06. The number of carbonyl (C=O) groups excluding carboxylic acids is 1. The van der Waals surface area contributed by atoms with Gasteiger partial charge in [-0.3, -0.25) is 0 Å². The molecule has 0 spiro atoms. The van der Waals surface area contributed by atoms with Crippen LogP contribution < -0.4 is 5.32 Å². The molecular weight excluding hydrogens is 489 g/mol. The summed E-state index contributed by atoms with van der Waals surface area (Å²) >= 11 is 0. The third-order valence-corrected chi connectivity index (χ3v) is 4.97. The molecule has 200 valence electrons. The molecule has 0 amide bonds. The first-order valence-corrected chi connectivity index (χ1v) is 12.0. The van der Waals surface area contributed by atoms with Crippen molar-refractivity contribution in [3.05, 3.63) is 125 Å². The van der Waals surface area contributed by atoms with Gasteiger partial charge in [-0.2, -0.15) is 18.4 Å². The molecule has 1 unspecified atom stereocenters. The van der Waals surface area contributed by atoms with Gasteiger partial charge in [0.25, 0.3) is 0 Å². The van der Waals surface area contributed by atoms with Crippen LogP contribution in [0.3, 0.4) is 0 Å². The highest BCUT2D eigenvalue weighted by Gasteiger charge is 2.30. The van der Waals surface area contributed by atoms with Crippen LogP contribution in [-0.4, -0.2) is 17.6 Å². The highest BCUT2D eigenvalue weighted by Crippen LogP contribution is 2.26. The molecule has 0 radical (unpaired) electrons. The van der Waals surface area contributed by atoms with E-state index >= 15 is 0 Å². The zero-order valence-electron chi connectivity index (χ0n) is 21.8. The van der Waals surface area contributed by atoms with Crippen LogP contribution in [0, 0.1) is 18.3 Å². The number of nitrogens with one attached hydrogen (secondary N) is 1. The van der Waals surface area contributed by atoms with Gasteiger partial charge in [-0.1, -0.05) is 79.7 Å². The summed E-state index contributed by atoms with van der Waals surface area (Å²) in [6.45, 7) is 8.45. The van der Waals surface area contributed by atoms with Gasteiger partial charge < -0.3 is 15.2 Å². The van der Waals surface area contributed by atoms with Crippen LogP contribution in [0.1, 0.15) is 55.0 Å². The minimum absolute atomic E-state index is 0.299. The Kier molecular flexibility index (Phi) is 13.9. The lowest BCUT2D eigenvalue weighted by Gasteiger charge is -2.11. The summed E-state index contributed by atoms with van der Waals surface area (Å²) in [5, 5.41) is 21.6. The molecule has 0 bridgehead atoms. The van der Waals surface area contributed by atoms with Crippen molar-refractivity contribution in [2.75, 3.05) is 5.32 Å². The highest BCUT2D eigenvalue weighted by atomic mass is 19.4. The van der Waals surface area contributed by atoms with Gasteiger partial charge in [0.1, 0.15) is 12.4 Å². The van der Waals surface area contributed by atoms with Crippen LogP contribution in [0.5, 0.6) is 0 Å². The van der Waals surface area contributed by atoms with Gasteiger partial charge in [0.15, 0.2) is 0 Å². The van der Waals surface area contributed by atoms with E-state index in [0.717, 1.165) is 29.9 Å². The first kappa shape index (κ1) is 31.9. The maximum Gasteiger partial charge on any atom is 0.415 e. The maximum atomic E-state index is 12.3. The van der Waals surface area contributed by atoms with Crippen molar-refractivity contribution in [1.82, 2.24) is 0 Å². The number of aliphatic hydroxyl groups is 1. The van der Waals surface area contributed by atoms with E-state index in [9.17, 15) is 23.1 Å². The van der Waals surface area contributed by atoms with Crippen LogP contribution >= 0.6 is 0 Å². The monoisotopic (exact) mass is 522 g/mol. The Morgan fingerprint density at radius 1 is 1.05 bits per heavy atom. The second kappa shape index (κ2) is 16.6. The van der Waals surface area contributed by atoms with E-state index in [1.807, 2.05) is 74.5 Å². The quantitative estimate of drug-likeness (QED) is 0.243. The molecule has 0 heterocycles. The Balaban J connectivity index is 0.000000326. The van der Waals surface area contributed by atoms with Crippen LogP contribution in [0.4, 0.5) is 18.9 Å². The lowest BCUT2D eigenvalue weighted by Crippen LogP contribution is -2.10. The molecule has 0 saturated heterocycles. The summed E-state index contributed by atoms with van der Waals surface area (Å²) in [6.07, 6.45) is -1.42. The predicted octanol–water partition coefficient (Wildman–Crippen LogP) is 8.05. The molecule has 0 saturated carbocycles. The SMILES string of the molecule is C=C(/C=C(/C)Nc1cccc(C#N)c1)C(F)(F)F.CCCC=O.Cc1cccc(C(O)c2ccccc2)c1. The normalized spacial score (nSPS) is 11.5. The number of anilines is 1. The fraction of sp³-hybridized carbons (Fsp3) is 0.226. The number of unbranched alkanes of at least 4 members (excludes halogenated alkanes) is 1. The topological polar surface area (TPSA) is 73.1 Å². The summed E-state index contributed by atoms with van der Waals surface area (Å²) in [5.74, 6) is 0. The third kappa shape index (κ3) is 12.2. The van der Waals surface area contributed by atoms with E-state index in [-0.39, 0.29) is 0 Å². The molecule has 0 aromatic heterocycles. The Hall–Kier alpha value is -4.15. The molecule has 4 nitrogen and oxygen atoms in total. The number of nitriles is 1. The number of hydrogen-bond donors (Lipinski definition) is 2. The number of allylic oxidation sites excluding steroid dienone is 3. The zero-order chi connectivity index (χ0) is 28.6.